The van der Waals surface area contributed by atoms with E-state index in [4.69, 9.17) is 16.9 Å². The zero-order valence-electron chi connectivity index (χ0n) is 17.5. The van der Waals surface area contributed by atoms with Gasteiger partial charge in [0.15, 0.2) is 0 Å². The van der Waals surface area contributed by atoms with Crippen LogP contribution in [-0.4, -0.2) is 50.3 Å². The standard InChI is InChI=1S/C21H23FN10/c1-26-9-13(8-23)14-6-15(17(24)3-2-16(14)22)21(25)18-7-19(28-11-27-18)31-4-5-32-20(10-31)29-12-30-32/h3,6-9,11-12,25H,2,4-5,10,23-24H2,1H3. The van der Waals surface area contributed by atoms with Crippen LogP contribution in [0.15, 0.2) is 70.3 Å². The number of rotatable bonds is 5. The zero-order valence-corrected chi connectivity index (χ0v) is 17.5. The molecule has 1 aliphatic carbocycles. The van der Waals surface area contributed by atoms with Crippen molar-refractivity contribution in [2.24, 2.45) is 16.5 Å². The van der Waals surface area contributed by atoms with Gasteiger partial charge in [0, 0.05) is 60.9 Å². The third kappa shape index (κ3) is 4.04. The van der Waals surface area contributed by atoms with Crippen LogP contribution in [0.2, 0.25) is 0 Å². The fraction of sp³-hybridized carbons (Fsp3) is 0.238. The second-order valence-corrected chi connectivity index (χ2v) is 7.21. The number of aromatic nitrogens is 5. The lowest BCUT2D eigenvalue weighted by molar-refractivity contribution is 0.510. The van der Waals surface area contributed by atoms with E-state index in [0.29, 0.717) is 42.3 Å². The summed E-state index contributed by atoms with van der Waals surface area (Å²) in [6.07, 6.45) is 8.73. The Morgan fingerprint density at radius 3 is 2.88 bits per heavy atom. The Balaban J connectivity index is 1.67. The fourth-order valence-corrected chi connectivity index (χ4v) is 3.58. The van der Waals surface area contributed by atoms with E-state index in [2.05, 4.69) is 25.0 Å². The normalized spacial score (nSPS) is 17.2. The summed E-state index contributed by atoms with van der Waals surface area (Å²) < 4.78 is 16.6. The van der Waals surface area contributed by atoms with Crippen LogP contribution in [0.25, 0.3) is 0 Å². The van der Waals surface area contributed by atoms with E-state index in [-0.39, 0.29) is 23.4 Å². The van der Waals surface area contributed by atoms with Gasteiger partial charge in [-0.1, -0.05) is 6.08 Å². The van der Waals surface area contributed by atoms with Gasteiger partial charge in [0.25, 0.3) is 0 Å². The van der Waals surface area contributed by atoms with Crippen molar-refractivity contribution in [1.29, 1.82) is 5.41 Å². The molecule has 4 rings (SSSR count). The largest absolute Gasteiger partial charge is 0.404 e. The van der Waals surface area contributed by atoms with Gasteiger partial charge in [-0.25, -0.2) is 24.0 Å². The van der Waals surface area contributed by atoms with Gasteiger partial charge in [-0.15, -0.1) is 0 Å². The molecule has 0 saturated heterocycles. The van der Waals surface area contributed by atoms with Crippen molar-refractivity contribution in [3.05, 3.63) is 76.8 Å². The minimum Gasteiger partial charge on any atom is -0.404 e. The number of fused-ring (bicyclic) bond motifs is 1. The first-order chi connectivity index (χ1) is 15.5. The molecule has 32 heavy (non-hydrogen) atoms. The van der Waals surface area contributed by atoms with Gasteiger partial charge in [0.1, 0.15) is 30.1 Å². The van der Waals surface area contributed by atoms with Crippen molar-refractivity contribution in [2.45, 2.75) is 19.5 Å². The monoisotopic (exact) mass is 434 g/mol. The highest BCUT2D eigenvalue weighted by atomic mass is 19.1. The van der Waals surface area contributed by atoms with Crippen molar-refractivity contribution in [3.63, 3.8) is 0 Å². The molecule has 0 aromatic carbocycles. The summed E-state index contributed by atoms with van der Waals surface area (Å²) in [7, 11) is 1.57. The quantitative estimate of drug-likeness (QED) is 0.602. The predicted octanol–water partition coefficient (Wildman–Crippen LogP) is 1.40. The molecule has 0 unspecified atom stereocenters. The smallest absolute Gasteiger partial charge is 0.146 e. The molecule has 10 nitrogen and oxygen atoms in total. The highest BCUT2D eigenvalue weighted by molar-refractivity contribution is 6.13. The zero-order chi connectivity index (χ0) is 22.7. The van der Waals surface area contributed by atoms with Gasteiger partial charge in [0.2, 0.25) is 0 Å². The Bertz CT molecular complexity index is 1200. The number of halogens is 1. The third-order valence-corrected chi connectivity index (χ3v) is 5.26. The van der Waals surface area contributed by atoms with Gasteiger partial charge in [-0.3, -0.25) is 10.4 Å². The first-order valence-corrected chi connectivity index (χ1v) is 9.95. The lowest BCUT2D eigenvalue weighted by Crippen LogP contribution is -2.35. The van der Waals surface area contributed by atoms with Crippen LogP contribution >= 0.6 is 0 Å². The molecule has 0 fully saturated rings. The molecule has 0 radical (unpaired) electrons. The molecule has 2 aromatic heterocycles. The van der Waals surface area contributed by atoms with Gasteiger partial charge in [-0.2, -0.15) is 5.10 Å². The second-order valence-electron chi connectivity index (χ2n) is 7.21. The lowest BCUT2D eigenvalue weighted by Gasteiger charge is -2.27. The SMILES string of the molecule is CN=CC(=CN)C1=C(F)CC=C(N)C(C(=N)c2cc(N3CCn4ncnc4C3)ncn2)=C1. The number of allylic oxidation sites excluding steroid dienone is 6. The number of aliphatic imine (C=N–C) groups is 1. The summed E-state index contributed by atoms with van der Waals surface area (Å²) in [6, 6.07) is 1.72. The molecular weight excluding hydrogens is 411 g/mol. The van der Waals surface area contributed by atoms with Crippen LogP contribution in [0.4, 0.5) is 10.2 Å². The Morgan fingerprint density at radius 1 is 1.25 bits per heavy atom. The van der Waals surface area contributed by atoms with Crippen LogP contribution in [0.5, 0.6) is 0 Å². The summed E-state index contributed by atoms with van der Waals surface area (Å²) in [5, 5.41) is 12.9. The number of nitrogens with zero attached hydrogens (tertiary/aromatic N) is 7. The number of nitrogens with two attached hydrogens (primary N) is 2. The molecule has 0 saturated carbocycles. The highest BCUT2D eigenvalue weighted by Gasteiger charge is 2.22. The topological polar surface area (TPSA) is 148 Å². The molecule has 0 bridgehead atoms. The van der Waals surface area contributed by atoms with E-state index < -0.39 is 5.83 Å². The Labute approximate surface area is 184 Å². The van der Waals surface area contributed by atoms with Gasteiger partial charge >= 0.3 is 0 Å². The molecule has 164 valence electrons. The lowest BCUT2D eigenvalue weighted by atomic mass is 9.99. The Kier molecular flexibility index (Phi) is 5.88. The van der Waals surface area contributed by atoms with Crippen LogP contribution in [0, 0.1) is 5.41 Å². The molecule has 3 heterocycles. The average molecular weight is 434 g/mol. The van der Waals surface area contributed by atoms with Crippen molar-refractivity contribution >= 4 is 17.7 Å². The van der Waals surface area contributed by atoms with E-state index in [1.807, 2.05) is 9.58 Å². The minimum atomic E-state index is -0.409. The van der Waals surface area contributed by atoms with E-state index in [9.17, 15) is 4.39 Å². The maximum Gasteiger partial charge on any atom is 0.146 e. The third-order valence-electron chi connectivity index (χ3n) is 5.26. The number of hydrogen-bond acceptors (Lipinski definition) is 9. The highest BCUT2D eigenvalue weighted by Crippen LogP contribution is 2.28. The van der Waals surface area contributed by atoms with Crippen molar-refractivity contribution in [2.75, 3.05) is 18.5 Å². The number of anilines is 1. The van der Waals surface area contributed by atoms with Crippen molar-refractivity contribution in [1.82, 2.24) is 24.7 Å². The molecular formula is C21H23FN10. The first-order valence-electron chi connectivity index (χ1n) is 9.95. The molecule has 1 aliphatic heterocycles. The van der Waals surface area contributed by atoms with E-state index in [0.717, 1.165) is 5.82 Å². The van der Waals surface area contributed by atoms with Crippen LogP contribution in [0.1, 0.15) is 17.9 Å². The molecule has 2 aliphatic rings. The molecule has 0 spiro atoms. The molecule has 5 N–H and O–H groups in total. The second kappa shape index (κ2) is 8.92. The molecule has 2 aromatic rings. The summed E-state index contributed by atoms with van der Waals surface area (Å²) in [6.45, 7) is 1.94. The number of nitrogens with one attached hydrogen (secondary N) is 1. The summed E-state index contributed by atoms with van der Waals surface area (Å²) in [5.41, 5.74) is 13.6. The van der Waals surface area contributed by atoms with Crippen LogP contribution < -0.4 is 16.4 Å². The van der Waals surface area contributed by atoms with E-state index in [1.165, 1.54) is 31.1 Å². The molecule has 0 atom stereocenters. The minimum absolute atomic E-state index is 0.00712. The summed E-state index contributed by atoms with van der Waals surface area (Å²) in [4.78, 5) is 18.9. The summed E-state index contributed by atoms with van der Waals surface area (Å²) in [5.74, 6) is 1.09. The molecule has 0 amide bonds. The first kappa shape index (κ1) is 21.1. The van der Waals surface area contributed by atoms with Crippen molar-refractivity contribution in [3.8, 4) is 0 Å². The maximum atomic E-state index is 14.7. The van der Waals surface area contributed by atoms with Gasteiger partial charge < -0.3 is 16.4 Å². The van der Waals surface area contributed by atoms with Gasteiger partial charge in [0.05, 0.1) is 24.5 Å². The predicted molar refractivity (Wildman–Crippen MR) is 120 cm³/mol. The van der Waals surface area contributed by atoms with Crippen LogP contribution in [0.3, 0.4) is 0 Å². The fourth-order valence-electron chi connectivity index (χ4n) is 3.58. The Hall–Kier alpha value is -4.15. The van der Waals surface area contributed by atoms with Crippen molar-refractivity contribution < 1.29 is 4.39 Å². The Morgan fingerprint density at radius 2 is 2.09 bits per heavy atom. The molecule has 11 heteroatoms. The average Bonchev–Trinajstić information content (AvgIpc) is 3.24. The van der Waals surface area contributed by atoms with Gasteiger partial charge in [-0.05, 0) is 6.08 Å². The number of hydrogen-bond donors (Lipinski definition) is 3. The van der Waals surface area contributed by atoms with E-state index >= 15 is 0 Å². The summed E-state index contributed by atoms with van der Waals surface area (Å²) >= 11 is 0. The van der Waals surface area contributed by atoms with Crippen LogP contribution in [-0.2, 0) is 13.1 Å². The van der Waals surface area contributed by atoms with E-state index in [1.54, 1.807) is 19.2 Å². The maximum absolute atomic E-state index is 14.7.